The average molecular weight is 476 g/mol. The van der Waals surface area contributed by atoms with Gasteiger partial charge in [0.1, 0.15) is 11.2 Å². The van der Waals surface area contributed by atoms with Crippen LogP contribution in [0.1, 0.15) is 15.9 Å². The first-order valence-electron chi connectivity index (χ1n) is 10.1. The van der Waals surface area contributed by atoms with E-state index >= 15 is 0 Å². The number of hydrogen-bond acceptors (Lipinski definition) is 5. The Morgan fingerprint density at radius 1 is 0.912 bits per heavy atom. The summed E-state index contributed by atoms with van der Waals surface area (Å²) in [6.45, 7) is 0. The summed E-state index contributed by atoms with van der Waals surface area (Å²) < 4.78 is 39.0. The second-order valence-electron chi connectivity index (χ2n) is 7.40. The third-order valence-electron chi connectivity index (χ3n) is 5.21. The Morgan fingerprint density at radius 2 is 1.71 bits per heavy atom. The van der Waals surface area contributed by atoms with Crippen molar-refractivity contribution in [1.82, 2.24) is 15.0 Å². The second kappa shape index (κ2) is 8.68. The fraction of sp³-hybridized carbons (Fsp3) is 0.0400. The minimum atomic E-state index is -4.53. The number of carbonyl (C=O) groups excluding carboxylic acids is 1. The zero-order valence-electron chi connectivity index (χ0n) is 17.4. The van der Waals surface area contributed by atoms with E-state index in [0.29, 0.717) is 11.4 Å². The van der Waals surface area contributed by atoms with Gasteiger partial charge < -0.3 is 5.32 Å². The minimum absolute atomic E-state index is 0.0811. The first kappa shape index (κ1) is 21.7. The van der Waals surface area contributed by atoms with Crippen molar-refractivity contribution in [1.29, 1.82) is 0 Å². The average Bonchev–Trinajstić information content (AvgIpc) is 3.29. The number of fused-ring (bicyclic) bond motifs is 1. The number of benzene rings is 2. The van der Waals surface area contributed by atoms with E-state index in [2.05, 4.69) is 20.3 Å². The quantitative estimate of drug-likeness (QED) is 0.314. The maximum atomic E-state index is 13.0. The number of halogens is 3. The molecule has 0 bridgehead atoms. The van der Waals surface area contributed by atoms with Gasteiger partial charge in [0.2, 0.25) is 0 Å². The van der Waals surface area contributed by atoms with Crippen LogP contribution in [0.4, 0.5) is 18.9 Å². The van der Waals surface area contributed by atoms with Crippen molar-refractivity contribution in [3.63, 3.8) is 0 Å². The van der Waals surface area contributed by atoms with E-state index in [-0.39, 0.29) is 5.56 Å². The van der Waals surface area contributed by atoms with Crippen LogP contribution in [-0.4, -0.2) is 20.9 Å². The molecule has 5 aromatic rings. The van der Waals surface area contributed by atoms with Crippen LogP contribution in [0.25, 0.3) is 32.6 Å². The van der Waals surface area contributed by atoms with E-state index in [1.165, 1.54) is 29.8 Å². The highest BCUT2D eigenvalue weighted by Crippen LogP contribution is 2.38. The lowest BCUT2D eigenvalue weighted by Crippen LogP contribution is -2.14. The van der Waals surface area contributed by atoms with Crippen LogP contribution in [0.5, 0.6) is 0 Å². The van der Waals surface area contributed by atoms with Crippen LogP contribution in [0.15, 0.2) is 84.8 Å². The van der Waals surface area contributed by atoms with Gasteiger partial charge in [0.15, 0.2) is 0 Å². The van der Waals surface area contributed by atoms with Crippen molar-refractivity contribution < 1.29 is 18.0 Å². The molecular formula is C25H15F3N4OS. The van der Waals surface area contributed by atoms with Crippen LogP contribution in [0, 0.1) is 0 Å². The highest BCUT2D eigenvalue weighted by molar-refractivity contribution is 7.17. The van der Waals surface area contributed by atoms with Gasteiger partial charge in [0.05, 0.1) is 11.3 Å². The smallest absolute Gasteiger partial charge is 0.322 e. The molecule has 2 aromatic carbocycles. The fourth-order valence-corrected chi connectivity index (χ4v) is 4.54. The number of amides is 1. The molecule has 5 nitrogen and oxygen atoms in total. The molecular weight excluding hydrogens is 461 g/mol. The number of pyridine rings is 1. The molecule has 168 valence electrons. The number of nitrogens with zero attached hydrogens (tertiary/aromatic N) is 3. The Kier molecular flexibility index (Phi) is 5.54. The van der Waals surface area contributed by atoms with E-state index in [9.17, 15) is 18.0 Å². The van der Waals surface area contributed by atoms with Gasteiger partial charge in [0, 0.05) is 45.5 Å². The number of hydrogen-bond donors (Lipinski definition) is 1. The van der Waals surface area contributed by atoms with Crippen LogP contribution >= 0.6 is 11.3 Å². The van der Waals surface area contributed by atoms with Crippen molar-refractivity contribution in [2.75, 3.05) is 5.32 Å². The minimum Gasteiger partial charge on any atom is -0.322 e. The molecule has 3 heterocycles. The number of alkyl halides is 3. The number of anilines is 1. The Bertz CT molecular complexity index is 1500. The van der Waals surface area contributed by atoms with Crippen molar-refractivity contribution in [3.05, 3.63) is 95.9 Å². The van der Waals surface area contributed by atoms with Crippen molar-refractivity contribution in [3.8, 4) is 22.4 Å². The highest BCUT2D eigenvalue weighted by atomic mass is 32.1. The topological polar surface area (TPSA) is 67.8 Å². The van der Waals surface area contributed by atoms with E-state index in [4.69, 9.17) is 0 Å². The third kappa shape index (κ3) is 4.25. The zero-order valence-corrected chi connectivity index (χ0v) is 18.2. The summed E-state index contributed by atoms with van der Waals surface area (Å²) in [4.78, 5) is 26.4. The first-order chi connectivity index (χ1) is 16.4. The maximum Gasteiger partial charge on any atom is 0.416 e. The molecule has 3 aromatic heterocycles. The van der Waals surface area contributed by atoms with E-state index in [0.717, 1.165) is 39.0 Å². The van der Waals surface area contributed by atoms with Crippen molar-refractivity contribution in [2.45, 2.75) is 6.18 Å². The Hall–Kier alpha value is -4.11. The summed E-state index contributed by atoms with van der Waals surface area (Å²) in [5.41, 5.74) is 2.85. The summed E-state index contributed by atoms with van der Waals surface area (Å²) in [7, 11) is 0. The Labute approximate surface area is 196 Å². The molecule has 1 amide bonds. The second-order valence-corrected chi connectivity index (χ2v) is 8.26. The molecule has 0 aliphatic heterocycles. The Morgan fingerprint density at radius 3 is 2.50 bits per heavy atom. The van der Waals surface area contributed by atoms with Gasteiger partial charge in [0.25, 0.3) is 5.91 Å². The number of carbonyl (C=O) groups is 1. The lowest BCUT2D eigenvalue weighted by atomic mass is 10.0. The summed E-state index contributed by atoms with van der Waals surface area (Å²) in [6.07, 6.45) is 0.387. The van der Waals surface area contributed by atoms with E-state index in [1.54, 1.807) is 30.6 Å². The predicted octanol–water partition coefficient (Wildman–Crippen LogP) is 6.69. The van der Waals surface area contributed by atoms with Gasteiger partial charge in [-0.1, -0.05) is 18.2 Å². The maximum absolute atomic E-state index is 13.0. The van der Waals surface area contributed by atoms with Crippen LogP contribution in [0.3, 0.4) is 0 Å². The molecule has 34 heavy (non-hydrogen) atoms. The van der Waals surface area contributed by atoms with Gasteiger partial charge in [-0.25, -0.2) is 9.97 Å². The van der Waals surface area contributed by atoms with Gasteiger partial charge in [-0.15, -0.1) is 11.3 Å². The SMILES string of the molecule is O=C(Nc1cccc(-c2ncnc3scc(-c4ccncc4)c23)c1)c1cccc(C(F)(F)F)c1. The Balaban J connectivity index is 1.50. The van der Waals surface area contributed by atoms with Gasteiger partial charge in [-0.05, 0) is 48.0 Å². The largest absolute Gasteiger partial charge is 0.416 e. The molecule has 5 rings (SSSR count). The summed E-state index contributed by atoms with van der Waals surface area (Å²) >= 11 is 1.50. The van der Waals surface area contributed by atoms with E-state index < -0.39 is 17.6 Å². The molecule has 0 unspecified atom stereocenters. The van der Waals surface area contributed by atoms with Gasteiger partial charge >= 0.3 is 6.18 Å². The molecule has 0 atom stereocenters. The van der Waals surface area contributed by atoms with Crippen molar-refractivity contribution in [2.24, 2.45) is 0 Å². The van der Waals surface area contributed by atoms with Gasteiger partial charge in [-0.3, -0.25) is 9.78 Å². The molecule has 1 N–H and O–H groups in total. The monoisotopic (exact) mass is 476 g/mol. The van der Waals surface area contributed by atoms with Crippen LogP contribution in [-0.2, 0) is 6.18 Å². The molecule has 0 aliphatic carbocycles. The highest BCUT2D eigenvalue weighted by Gasteiger charge is 2.30. The lowest BCUT2D eigenvalue weighted by molar-refractivity contribution is -0.137. The lowest BCUT2D eigenvalue weighted by Gasteiger charge is -2.11. The summed E-state index contributed by atoms with van der Waals surface area (Å²) in [5.74, 6) is -0.635. The first-order valence-corrected chi connectivity index (χ1v) is 11.0. The molecule has 0 spiro atoms. The summed E-state index contributed by atoms with van der Waals surface area (Å²) in [6, 6.07) is 15.1. The van der Waals surface area contributed by atoms with Gasteiger partial charge in [-0.2, -0.15) is 13.2 Å². The molecule has 0 saturated heterocycles. The molecule has 9 heteroatoms. The number of aromatic nitrogens is 3. The summed E-state index contributed by atoms with van der Waals surface area (Å²) in [5, 5.41) is 5.57. The molecule has 0 radical (unpaired) electrons. The normalized spacial score (nSPS) is 11.5. The third-order valence-corrected chi connectivity index (χ3v) is 6.09. The number of nitrogens with one attached hydrogen (secondary N) is 1. The van der Waals surface area contributed by atoms with Crippen LogP contribution in [0.2, 0.25) is 0 Å². The van der Waals surface area contributed by atoms with E-state index in [1.807, 2.05) is 23.6 Å². The molecule has 0 fully saturated rings. The molecule has 0 saturated carbocycles. The van der Waals surface area contributed by atoms with Crippen molar-refractivity contribution >= 4 is 33.1 Å². The number of rotatable bonds is 4. The molecule has 0 aliphatic rings. The standard InChI is InChI=1S/C25H15F3N4OS/c26-25(27,28)18-5-1-4-17(11-18)23(33)32-19-6-2-3-16(12-19)22-21-20(15-7-9-29-10-8-15)13-34-24(21)31-14-30-22/h1-14H,(H,32,33). The number of thiophene rings is 1. The fourth-order valence-electron chi connectivity index (χ4n) is 3.62. The zero-order chi connectivity index (χ0) is 23.7. The van der Waals surface area contributed by atoms with Crippen LogP contribution < -0.4 is 5.32 Å². The predicted molar refractivity (Wildman–Crippen MR) is 125 cm³/mol.